The molecule has 0 aliphatic rings. The molecule has 0 fully saturated rings. The third kappa shape index (κ3) is 8.92. The molecule has 0 saturated heterocycles. The summed E-state index contributed by atoms with van der Waals surface area (Å²) in [6, 6.07) is 0. The van der Waals surface area contributed by atoms with Gasteiger partial charge in [0.25, 0.3) is 0 Å². The maximum absolute atomic E-state index is 11.6. The zero-order chi connectivity index (χ0) is 10.3. The highest BCUT2D eigenvalue weighted by molar-refractivity contribution is 5.21. The van der Waals surface area contributed by atoms with Crippen LogP contribution in [0, 0.1) is 0 Å². The molecule has 0 atom stereocenters. The van der Waals surface area contributed by atoms with Crippen LogP contribution in [0.15, 0.2) is 36.0 Å². The van der Waals surface area contributed by atoms with Gasteiger partial charge in [0.1, 0.15) is 0 Å². The van der Waals surface area contributed by atoms with Crippen molar-refractivity contribution in [2.75, 3.05) is 0 Å². The predicted octanol–water partition coefficient (Wildman–Crippen LogP) is 4.02. The van der Waals surface area contributed by atoms with Crippen molar-refractivity contribution in [3.05, 3.63) is 36.0 Å². The predicted molar refractivity (Wildman–Crippen MR) is 48.4 cm³/mol. The van der Waals surface area contributed by atoms with Crippen LogP contribution in [-0.4, -0.2) is 6.18 Å². The molecule has 0 aliphatic carbocycles. The second-order valence-electron chi connectivity index (χ2n) is 2.66. The Labute approximate surface area is 76.5 Å². The lowest BCUT2D eigenvalue weighted by Crippen LogP contribution is -2.03. The molecule has 0 aromatic rings. The van der Waals surface area contributed by atoms with Crippen molar-refractivity contribution in [2.24, 2.45) is 0 Å². The SMILES string of the molecule is C\C=C/C(C)=C\C=C/CC(F)(F)F. The summed E-state index contributed by atoms with van der Waals surface area (Å²) in [6.45, 7) is 3.69. The Bertz CT molecular complexity index is 219. The van der Waals surface area contributed by atoms with E-state index in [1.165, 1.54) is 6.08 Å². The normalized spacial score (nSPS) is 14.7. The first-order valence-corrected chi connectivity index (χ1v) is 3.98. The first-order chi connectivity index (χ1) is 5.95. The summed E-state index contributed by atoms with van der Waals surface area (Å²) in [5.74, 6) is 0. The lowest BCUT2D eigenvalue weighted by molar-refractivity contribution is -0.125. The molecule has 0 spiro atoms. The van der Waals surface area contributed by atoms with Gasteiger partial charge in [0.05, 0.1) is 6.42 Å². The summed E-state index contributed by atoms with van der Waals surface area (Å²) in [5, 5.41) is 0. The smallest absolute Gasteiger partial charge is 0.171 e. The lowest BCUT2D eigenvalue weighted by Gasteiger charge is -1.99. The van der Waals surface area contributed by atoms with Crippen LogP contribution >= 0.6 is 0 Å². The maximum atomic E-state index is 11.6. The van der Waals surface area contributed by atoms with Crippen LogP contribution in [0.2, 0.25) is 0 Å². The molecular formula is C10H13F3. The zero-order valence-corrected chi connectivity index (χ0v) is 7.73. The highest BCUT2D eigenvalue weighted by Gasteiger charge is 2.24. The topological polar surface area (TPSA) is 0 Å². The molecule has 0 heterocycles. The fourth-order valence-electron chi connectivity index (χ4n) is 0.740. The van der Waals surface area contributed by atoms with Crippen molar-refractivity contribution in [1.29, 1.82) is 0 Å². The van der Waals surface area contributed by atoms with Gasteiger partial charge < -0.3 is 0 Å². The molecule has 0 aliphatic heterocycles. The van der Waals surface area contributed by atoms with Crippen LogP contribution in [-0.2, 0) is 0 Å². The van der Waals surface area contributed by atoms with E-state index in [9.17, 15) is 13.2 Å². The summed E-state index contributed by atoms with van der Waals surface area (Å²) in [7, 11) is 0. The van der Waals surface area contributed by atoms with Crippen LogP contribution in [0.1, 0.15) is 20.3 Å². The largest absolute Gasteiger partial charge is 0.392 e. The quantitative estimate of drug-likeness (QED) is 0.589. The third-order valence-electron chi connectivity index (χ3n) is 1.27. The fourth-order valence-corrected chi connectivity index (χ4v) is 0.740. The standard InChI is InChI=1S/C10H13F3/c1-3-6-9(2)7-4-5-8-10(11,12)13/h3-7H,8H2,1-2H3/b5-4-,6-3-,9-7-. The van der Waals surface area contributed by atoms with Crippen LogP contribution in [0.25, 0.3) is 0 Å². The van der Waals surface area contributed by atoms with E-state index in [1.54, 1.807) is 6.08 Å². The number of hydrogen-bond acceptors (Lipinski definition) is 0. The van der Waals surface area contributed by atoms with E-state index < -0.39 is 12.6 Å². The highest BCUT2D eigenvalue weighted by atomic mass is 19.4. The molecule has 0 aromatic heterocycles. The first kappa shape index (κ1) is 12.0. The van der Waals surface area contributed by atoms with Crippen LogP contribution in [0.3, 0.4) is 0 Å². The summed E-state index contributed by atoms with van der Waals surface area (Å²) in [5.41, 5.74) is 0.931. The zero-order valence-electron chi connectivity index (χ0n) is 7.73. The Morgan fingerprint density at radius 2 is 1.92 bits per heavy atom. The van der Waals surface area contributed by atoms with Gasteiger partial charge in [-0.1, -0.05) is 36.0 Å². The summed E-state index contributed by atoms with van der Waals surface area (Å²) in [4.78, 5) is 0. The van der Waals surface area contributed by atoms with Gasteiger partial charge >= 0.3 is 6.18 Å². The molecule has 0 bridgehead atoms. The van der Waals surface area contributed by atoms with Crippen LogP contribution < -0.4 is 0 Å². The van der Waals surface area contributed by atoms with Crippen LogP contribution in [0.4, 0.5) is 13.2 Å². The second-order valence-corrected chi connectivity index (χ2v) is 2.66. The van der Waals surface area contributed by atoms with Gasteiger partial charge in [0.2, 0.25) is 0 Å². The summed E-state index contributed by atoms with van der Waals surface area (Å²) in [6.07, 6.45) is 2.87. The van der Waals surface area contributed by atoms with Crippen molar-refractivity contribution in [3.8, 4) is 0 Å². The number of alkyl halides is 3. The minimum Gasteiger partial charge on any atom is -0.171 e. The molecule has 74 valence electrons. The molecular weight excluding hydrogens is 177 g/mol. The molecule has 0 N–H and O–H groups in total. The summed E-state index contributed by atoms with van der Waals surface area (Å²) < 4.78 is 34.9. The fraction of sp³-hybridized carbons (Fsp3) is 0.400. The van der Waals surface area contributed by atoms with E-state index >= 15 is 0 Å². The molecule has 0 radical (unpaired) electrons. The van der Waals surface area contributed by atoms with Gasteiger partial charge in [-0.15, -0.1) is 0 Å². The molecule has 0 saturated carbocycles. The van der Waals surface area contributed by atoms with Crippen molar-refractivity contribution < 1.29 is 13.2 Å². The van der Waals surface area contributed by atoms with E-state index in [-0.39, 0.29) is 0 Å². The van der Waals surface area contributed by atoms with Gasteiger partial charge in [0.15, 0.2) is 0 Å². The Kier molecular flexibility index (Phi) is 5.19. The first-order valence-electron chi connectivity index (χ1n) is 3.98. The number of allylic oxidation sites excluding steroid dienone is 6. The van der Waals surface area contributed by atoms with Crippen LogP contribution in [0.5, 0.6) is 0 Å². The number of halogens is 3. The Morgan fingerprint density at radius 3 is 2.38 bits per heavy atom. The van der Waals surface area contributed by atoms with Crippen molar-refractivity contribution in [3.63, 3.8) is 0 Å². The monoisotopic (exact) mass is 190 g/mol. The summed E-state index contributed by atoms with van der Waals surface area (Å²) >= 11 is 0. The van der Waals surface area contributed by atoms with Gasteiger partial charge in [-0.2, -0.15) is 13.2 Å². The Morgan fingerprint density at radius 1 is 1.31 bits per heavy atom. The molecule has 13 heavy (non-hydrogen) atoms. The van der Waals surface area contributed by atoms with E-state index in [1.807, 2.05) is 26.0 Å². The third-order valence-corrected chi connectivity index (χ3v) is 1.27. The molecule has 0 nitrogen and oxygen atoms in total. The molecule has 0 rings (SSSR count). The minimum atomic E-state index is -4.10. The minimum absolute atomic E-state index is 0.868. The van der Waals surface area contributed by atoms with Gasteiger partial charge in [-0.25, -0.2) is 0 Å². The number of hydrogen-bond donors (Lipinski definition) is 0. The average molecular weight is 190 g/mol. The van der Waals surface area contributed by atoms with Gasteiger partial charge in [-0.05, 0) is 13.8 Å². The molecule has 0 amide bonds. The second kappa shape index (κ2) is 5.62. The molecule has 0 unspecified atom stereocenters. The lowest BCUT2D eigenvalue weighted by atomic mass is 10.2. The van der Waals surface area contributed by atoms with Gasteiger partial charge in [-0.3, -0.25) is 0 Å². The van der Waals surface area contributed by atoms with Gasteiger partial charge in [0, 0.05) is 0 Å². The Balaban J connectivity index is 3.94. The Hall–Kier alpha value is -0.990. The van der Waals surface area contributed by atoms with Crippen molar-refractivity contribution in [1.82, 2.24) is 0 Å². The molecule has 0 aromatic carbocycles. The maximum Gasteiger partial charge on any atom is 0.392 e. The van der Waals surface area contributed by atoms with Crippen molar-refractivity contribution in [2.45, 2.75) is 26.4 Å². The van der Waals surface area contributed by atoms with E-state index in [0.29, 0.717) is 0 Å². The highest BCUT2D eigenvalue weighted by Crippen LogP contribution is 2.19. The van der Waals surface area contributed by atoms with Crippen molar-refractivity contribution >= 4 is 0 Å². The molecule has 3 heteroatoms. The van der Waals surface area contributed by atoms with E-state index in [0.717, 1.165) is 11.6 Å². The number of rotatable bonds is 3. The van der Waals surface area contributed by atoms with E-state index in [4.69, 9.17) is 0 Å². The average Bonchev–Trinajstić information content (AvgIpc) is 1.97. The van der Waals surface area contributed by atoms with E-state index in [2.05, 4.69) is 0 Å².